The van der Waals surface area contributed by atoms with Gasteiger partial charge in [0.15, 0.2) is 0 Å². The van der Waals surface area contributed by atoms with Crippen molar-refractivity contribution in [3.8, 4) is 0 Å². The van der Waals surface area contributed by atoms with Crippen LogP contribution in [0.25, 0.3) is 0 Å². The Balaban J connectivity index is 1.41. The van der Waals surface area contributed by atoms with Gasteiger partial charge in [-0.3, -0.25) is 4.68 Å². The van der Waals surface area contributed by atoms with Crippen molar-refractivity contribution in [2.45, 2.75) is 44.7 Å². The molecular weight excluding hydrogens is 222 g/mol. The van der Waals surface area contributed by atoms with Gasteiger partial charge in [0.25, 0.3) is 0 Å². The van der Waals surface area contributed by atoms with E-state index in [0.29, 0.717) is 0 Å². The van der Waals surface area contributed by atoms with Crippen molar-refractivity contribution in [3.05, 3.63) is 18.0 Å². The first kappa shape index (κ1) is 11.0. The van der Waals surface area contributed by atoms with Crippen molar-refractivity contribution >= 4 is 0 Å². The first-order valence-electron chi connectivity index (χ1n) is 7.53. The predicted molar refractivity (Wildman–Crippen MR) is 70.9 cm³/mol. The Labute approximate surface area is 109 Å². The normalized spacial score (nSPS) is 41.5. The average molecular weight is 245 g/mol. The first-order chi connectivity index (χ1) is 8.83. The second-order valence-corrected chi connectivity index (χ2v) is 6.59. The third-order valence-corrected chi connectivity index (χ3v) is 5.90. The molecule has 1 heterocycles. The van der Waals surface area contributed by atoms with E-state index >= 15 is 0 Å². The maximum Gasteiger partial charge on any atom is 0.0518 e. The summed E-state index contributed by atoms with van der Waals surface area (Å²) >= 11 is 0. The number of hydrogen-bond donors (Lipinski definition) is 1. The van der Waals surface area contributed by atoms with Crippen LogP contribution in [-0.4, -0.2) is 15.8 Å². The lowest BCUT2D eigenvalue weighted by Gasteiger charge is -2.32. The van der Waals surface area contributed by atoms with Crippen LogP contribution in [0.4, 0.5) is 0 Å². The highest BCUT2D eigenvalue weighted by molar-refractivity contribution is 5.07. The lowest BCUT2D eigenvalue weighted by Crippen LogP contribution is -2.39. The zero-order chi connectivity index (χ0) is 12.1. The molecule has 5 atom stereocenters. The van der Waals surface area contributed by atoms with Gasteiger partial charge in [-0.05, 0) is 55.4 Å². The Morgan fingerprint density at radius 3 is 3.00 bits per heavy atom. The fraction of sp³-hybridized carbons (Fsp3) is 0.800. The number of aromatic nitrogens is 2. The van der Waals surface area contributed by atoms with Crippen LogP contribution in [0.5, 0.6) is 0 Å². The van der Waals surface area contributed by atoms with E-state index in [9.17, 15) is 0 Å². The molecule has 3 saturated carbocycles. The van der Waals surface area contributed by atoms with Gasteiger partial charge < -0.3 is 5.32 Å². The maximum absolute atomic E-state index is 4.24. The molecule has 4 rings (SSSR count). The van der Waals surface area contributed by atoms with Gasteiger partial charge in [0.05, 0.1) is 5.69 Å². The molecule has 0 radical (unpaired) electrons. The summed E-state index contributed by atoms with van der Waals surface area (Å²) < 4.78 is 1.98. The topological polar surface area (TPSA) is 29.9 Å². The number of nitrogens with zero attached hydrogens (tertiary/aromatic N) is 2. The second-order valence-electron chi connectivity index (χ2n) is 6.59. The molecule has 0 aliphatic heterocycles. The lowest BCUT2D eigenvalue weighted by molar-refractivity contribution is 0.207. The van der Waals surface area contributed by atoms with Crippen LogP contribution in [-0.2, 0) is 13.6 Å². The zero-order valence-electron chi connectivity index (χ0n) is 11.2. The van der Waals surface area contributed by atoms with Gasteiger partial charge in [-0.25, -0.2) is 0 Å². The minimum Gasteiger partial charge on any atom is -0.308 e. The summed E-state index contributed by atoms with van der Waals surface area (Å²) in [5.41, 5.74) is 1.31. The van der Waals surface area contributed by atoms with Gasteiger partial charge in [0, 0.05) is 25.8 Å². The molecule has 3 aliphatic carbocycles. The second kappa shape index (κ2) is 4.09. The number of aryl methyl sites for hydroxylation is 1. The highest BCUT2D eigenvalue weighted by Gasteiger charge is 2.53. The summed E-state index contributed by atoms with van der Waals surface area (Å²) in [7, 11) is 2.03. The smallest absolute Gasteiger partial charge is 0.0518 e. The molecule has 0 saturated heterocycles. The largest absolute Gasteiger partial charge is 0.308 e. The van der Waals surface area contributed by atoms with Crippen molar-refractivity contribution in [2.24, 2.45) is 30.7 Å². The predicted octanol–water partition coefficient (Wildman–Crippen LogP) is 2.33. The fourth-order valence-corrected chi connectivity index (χ4v) is 5.11. The van der Waals surface area contributed by atoms with E-state index in [-0.39, 0.29) is 0 Å². The zero-order valence-corrected chi connectivity index (χ0v) is 11.2. The molecule has 3 aliphatic rings. The Morgan fingerprint density at radius 1 is 1.28 bits per heavy atom. The van der Waals surface area contributed by atoms with Crippen molar-refractivity contribution in [3.63, 3.8) is 0 Å². The van der Waals surface area contributed by atoms with Gasteiger partial charge in [-0.15, -0.1) is 0 Å². The lowest BCUT2D eigenvalue weighted by atomic mass is 9.79. The minimum atomic E-state index is 0.782. The summed E-state index contributed by atoms with van der Waals surface area (Å²) in [5.74, 6) is 4.19. The Bertz CT molecular complexity index is 439. The number of nitrogens with one attached hydrogen (secondary N) is 1. The Morgan fingerprint density at radius 2 is 2.17 bits per heavy atom. The van der Waals surface area contributed by atoms with Crippen molar-refractivity contribution < 1.29 is 0 Å². The SMILES string of the molecule is Cn1nccc1CNC1CC2CC1C1CCCC21. The van der Waals surface area contributed by atoms with Crippen molar-refractivity contribution in [1.82, 2.24) is 15.1 Å². The van der Waals surface area contributed by atoms with E-state index in [0.717, 1.165) is 36.3 Å². The molecule has 1 aromatic rings. The third-order valence-electron chi connectivity index (χ3n) is 5.90. The molecule has 2 bridgehead atoms. The first-order valence-corrected chi connectivity index (χ1v) is 7.53. The Kier molecular flexibility index (Phi) is 2.51. The van der Waals surface area contributed by atoms with Gasteiger partial charge >= 0.3 is 0 Å². The fourth-order valence-electron chi connectivity index (χ4n) is 5.11. The molecule has 98 valence electrons. The van der Waals surface area contributed by atoms with Crippen LogP contribution < -0.4 is 5.32 Å². The van der Waals surface area contributed by atoms with E-state index < -0.39 is 0 Å². The molecule has 0 spiro atoms. The number of hydrogen-bond acceptors (Lipinski definition) is 2. The van der Waals surface area contributed by atoms with E-state index in [2.05, 4.69) is 16.5 Å². The molecule has 1 N–H and O–H groups in total. The average Bonchev–Trinajstić information content (AvgIpc) is 3.08. The molecule has 3 nitrogen and oxygen atoms in total. The van der Waals surface area contributed by atoms with Gasteiger partial charge in [-0.1, -0.05) is 6.42 Å². The molecule has 3 heteroatoms. The highest BCUT2D eigenvalue weighted by Crippen LogP contribution is 2.58. The third kappa shape index (κ3) is 1.56. The molecule has 3 fully saturated rings. The van der Waals surface area contributed by atoms with E-state index in [1.165, 1.54) is 37.8 Å². The van der Waals surface area contributed by atoms with Crippen LogP contribution in [0, 0.1) is 23.7 Å². The van der Waals surface area contributed by atoms with E-state index in [4.69, 9.17) is 0 Å². The van der Waals surface area contributed by atoms with Crippen LogP contribution in [0.3, 0.4) is 0 Å². The molecule has 18 heavy (non-hydrogen) atoms. The standard InChI is InChI=1S/C15H23N3/c1-18-11(5-6-17-18)9-16-15-8-10-7-14(15)13-4-2-3-12(10)13/h5-6,10,12-16H,2-4,7-9H2,1H3. The van der Waals surface area contributed by atoms with Crippen LogP contribution in [0.15, 0.2) is 12.3 Å². The van der Waals surface area contributed by atoms with Gasteiger partial charge in [0.2, 0.25) is 0 Å². The Hall–Kier alpha value is -0.830. The summed E-state index contributed by atoms with van der Waals surface area (Å²) in [6, 6.07) is 2.91. The summed E-state index contributed by atoms with van der Waals surface area (Å²) in [6.45, 7) is 0.988. The van der Waals surface area contributed by atoms with E-state index in [1.54, 1.807) is 0 Å². The van der Waals surface area contributed by atoms with Crippen LogP contribution in [0.2, 0.25) is 0 Å². The summed E-state index contributed by atoms with van der Waals surface area (Å²) in [4.78, 5) is 0. The summed E-state index contributed by atoms with van der Waals surface area (Å²) in [5, 5.41) is 8.05. The number of rotatable bonds is 3. The highest BCUT2D eigenvalue weighted by atomic mass is 15.3. The van der Waals surface area contributed by atoms with Crippen LogP contribution in [0.1, 0.15) is 37.8 Å². The molecule has 0 aromatic carbocycles. The van der Waals surface area contributed by atoms with Crippen molar-refractivity contribution in [1.29, 1.82) is 0 Å². The monoisotopic (exact) mass is 245 g/mol. The quantitative estimate of drug-likeness (QED) is 0.886. The number of fused-ring (bicyclic) bond motifs is 5. The van der Waals surface area contributed by atoms with E-state index in [1.807, 2.05) is 17.9 Å². The minimum absolute atomic E-state index is 0.782. The molecule has 5 unspecified atom stereocenters. The summed E-state index contributed by atoms with van der Waals surface area (Å²) in [6.07, 6.45) is 9.37. The molecule has 1 aromatic heterocycles. The molecular formula is C15H23N3. The van der Waals surface area contributed by atoms with Gasteiger partial charge in [0.1, 0.15) is 0 Å². The maximum atomic E-state index is 4.24. The van der Waals surface area contributed by atoms with Gasteiger partial charge in [-0.2, -0.15) is 5.10 Å². The van der Waals surface area contributed by atoms with Crippen LogP contribution >= 0.6 is 0 Å². The van der Waals surface area contributed by atoms with Crippen molar-refractivity contribution in [2.75, 3.05) is 0 Å². The molecule has 0 amide bonds.